The monoisotopic (exact) mass is 434 g/mol. The lowest BCUT2D eigenvalue weighted by molar-refractivity contribution is -0.130. The zero-order valence-corrected chi connectivity index (χ0v) is 17.5. The van der Waals surface area contributed by atoms with Crippen molar-refractivity contribution in [3.8, 4) is 6.07 Å². The highest BCUT2D eigenvalue weighted by Gasteiger charge is 2.27. The number of para-hydroxylation sites is 1. The summed E-state index contributed by atoms with van der Waals surface area (Å²) in [5.74, 6) is -1.67. The fourth-order valence-electron chi connectivity index (χ4n) is 3.17. The Morgan fingerprint density at radius 1 is 1.12 bits per heavy atom. The molecule has 0 radical (unpaired) electrons. The van der Waals surface area contributed by atoms with Gasteiger partial charge < -0.3 is 9.64 Å². The molecule has 1 saturated heterocycles. The minimum absolute atomic E-state index is 0.110. The van der Waals surface area contributed by atoms with Crippen LogP contribution in [0.1, 0.15) is 36.5 Å². The van der Waals surface area contributed by atoms with Crippen LogP contribution in [0, 0.1) is 11.3 Å². The number of anilines is 2. The van der Waals surface area contributed by atoms with Crippen molar-refractivity contribution in [3.63, 3.8) is 0 Å². The van der Waals surface area contributed by atoms with Gasteiger partial charge in [-0.25, -0.2) is 9.80 Å². The number of carbonyl (C=O) groups excluding carboxylic acids is 4. The number of nitrogens with zero attached hydrogens (tertiary/aromatic N) is 3. The summed E-state index contributed by atoms with van der Waals surface area (Å²) < 4.78 is 5.34. The zero-order valence-electron chi connectivity index (χ0n) is 17.5. The SMILES string of the molecule is CC(OC(=O)c1ccc(N2NC(=O)CCC2=O)cc1)C(=O)N(CCC#N)c1ccccc1. The summed E-state index contributed by atoms with van der Waals surface area (Å²) >= 11 is 0. The van der Waals surface area contributed by atoms with Crippen LogP contribution in [0.4, 0.5) is 11.4 Å². The molecule has 1 N–H and O–H groups in total. The maximum Gasteiger partial charge on any atom is 0.338 e. The predicted octanol–water partition coefficient (Wildman–Crippen LogP) is 2.34. The van der Waals surface area contributed by atoms with E-state index in [4.69, 9.17) is 10.00 Å². The summed E-state index contributed by atoms with van der Waals surface area (Å²) in [5.41, 5.74) is 3.68. The second-order valence-corrected chi connectivity index (χ2v) is 7.09. The van der Waals surface area contributed by atoms with Crippen molar-refractivity contribution in [2.24, 2.45) is 0 Å². The lowest BCUT2D eigenvalue weighted by Crippen LogP contribution is -2.50. The van der Waals surface area contributed by atoms with E-state index >= 15 is 0 Å². The summed E-state index contributed by atoms with van der Waals surface area (Å²) in [4.78, 5) is 50.4. The Balaban J connectivity index is 1.67. The summed E-state index contributed by atoms with van der Waals surface area (Å²) in [6, 6.07) is 16.8. The number of hydrogen-bond acceptors (Lipinski definition) is 6. The lowest BCUT2D eigenvalue weighted by Gasteiger charge is -2.27. The van der Waals surface area contributed by atoms with Gasteiger partial charge in [-0.3, -0.25) is 19.8 Å². The van der Waals surface area contributed by atoms with E-state index < -0.39 is 18.0 Å². The molecule has 2 aromatic carbocycles. The Morgan fingerprint density at radius 3 is 2.47 bits per heavy atom. The van der Waals surface area contributed by atoms with E-state index in [0.29, 0.717) is 11.4 Å². The second kappa shape index (κ2) is 10.2. The van der Waals surface area contributed by atoms with Gasteiger partial charge in [0.05, 0.1) is 23.7 Å². The molecule has 0 spiro atoms. The minimum atomic E-state index is -1.08. The molecule has 0 saturated carbocycles. The first-order valence-electron chi connectivity index (χ1n) is 10.1. The van der Waals surface area contributed by atoms with E-state index in [1.54, 1.807) is 24.3 Å². The van der Waals surface area contributed by atoms with E-state index in [9.17, 15) is 19.2 Å². The summed E-state index contributed by atoms with van der Waals surface area (Å²) in [7, 11) is 0. The van der Waals surface area contributed by atoms with Crippen molar-refractivity contribution in [2.75, 3.05) is 16.5 Å². The molecule has 3 amide bonds. The van der Waals surface area contributed by atoms with Crippen LogP contribution >= 0.6 is 0 Å². The van der Waals surface area contributed by atoms with Crippen molar-refractivity contribution in [1.29, 1.82) is 5.26 Å². The number of hydrogen-bond donors (Lipinski definition) is 1. The molecular weight excluding hydrogens is 412 g/mol. The molecule has 32 heavy (non-hydrogen) atoms. The van der Waals surface area contributed by atoms with E-state index in [2.05, 4.69) is 5.43 Å². The second-order valence-electron chi connectivity index (χ2n) is 7.09. The van der Waals surface area contributed by atoms with E-state index in [1.807, 2.05) is 12.1 Å². The van der Waals surface area contributed by atoms with Gasteiger partial charge in [0.2, 0.25) is 11.8 Å². The average molecular weight is 434 g/mol. The number of benzene rings is 2. The minimum Gasteiger partial charge on any atom is -0.449 e. The Morgan fingerprint density at radius 2 is 1.81 bits per heavy atom. The molecule has 1 aliphatic rings. The van der Waals surface area contributed by atoms with Crippen molar-refractivity contribution in [2.45, 2.75) is 32.3 Å². The highest BCUT2D eigenvalue weighted by molar-refractivity contribution is 6.02. The van der Waals surface area contributed by atoms with Crippen LogP contribution in [0.25, 0.3) is 0 Å². The molecule has 9 heteroatoms. The van der Waals surface area contributed by atoms with Crippen molar-refractivity contribution >= 4 is 35.1 Å². The molecule has 3 rings (SSSR count). The molecule has 9 nitrogen and oxygen atoms in total. The topological polar surface area (TPSA) is 120 Å². The van der Waals surface area contributed by atoms with E-state index in [0.717, 1.165) is 5.01 Å². The first-order chi connectivity index (χ1) is 15.4. The highest BCUT2D eigenvalue weighted by Crippen LogP contribution is 2.20. The van der Waals surface area contributed by atoms with Crippen LogP contribution in [0.2, 0.25) is 0 Å². The molecule has 1 atom stereocenters. The number of carbonyl (C=O) groups is 4. The van der Waals surface area contributed by atoms with Gasteiger partial charge in [-0.2, -0.15) is 5.26 Å². The van der Waals surface area contributed by atoms with E-state index in [-0.39, 0.29) is 43.2 Å². The molecule has 2 aromatic rings. The fraction of sp³-hybridized carbons (Fsp3) is 0.261. The number of esters is 1. The van der Waals surface area contributed by atoms with Gasteiger partial charge in [0.15, 0.2) is 6.10 Å². The van der Waals surface area contributed by atoms with Gasteiger partial charge in [-0.1, -0.05) is 18.2 Å². The third kappa shape index (κ3) is 5.29. The van der Waals surface area contributed by atoms with Gasteiger partial charge in [0.25, 0.3) is 5.91 Å². The highest BCUT2D eigenvalue weighted by atomic mass is 16.5. The molecule has 0 aliphatic carbocycles. The van der Waals surface area contributed by atoms with E-state index in [1.165, 1.54) is 36.1 Å². The molecule has 0 aromatic heterocycles. The van der Waals surface area contributed by atoms with Gasteiger partial charge in [-0.05, 0) is 43.3 Å². The molecule has 0 bridgehead atoms. The van der Waals surface area contributed by atoms with Crippen molar-refractivity contribution < 1.29 is 23.9 Å². The van der Waals surface area contributed by atoms with Crippen molar-refractivity contribution in [3.05, 3.63) is 60.2 Å². The molecule has 164 valence electrons. The summed E-state index contributed by atoms with van der Waals surface area (Å²) in [6.45, 7) is 1.64. The Hall–Kier alpha value is -4.19. The quantitative estimate of drug-likeness (QED) is 0.668. The number of rotatable bonds is 7. The van der Waals surface area contributed by atoms with Gasteiger partial charge in [0.1, 0.15) is 0 Å². The number of nitrogens with one attached hydrogen (secondary N) is 1. The molecule has 1 aliphatic heterocycles. The van der Waals surface area contributed by atoms with Gasteiger partial charge in [0, 0.05) is 25.1 Å². The number of hydrazine groups is 1. The standard InChI is InChI=1S/C23H22N4O5/c1-16(22(30)26(15-5-14-24)18-6-3-2-4-7-18)32-23(31)17-8-10-19(11-9-17)27-21(29)13-12-20(28)25-27/h2-4,6-11,16H,5,12-13,15H2,1H3,(H,25,28). The fourth-order valence-corrected chi connectivity index (χ4v) is 3.17. The average Bonchev–Trinajstić information content (AvgIpc) is 2.81. The smallest absolute Gasteiger partial charge is 0.338 e. The normalized spacial score (nSPS) is 14.2. The van der Waals surface area contributed by atoms with Gasteiger partial charge in [-0.15, -0.1) is 0 Å². The van der Waals surface area contributed by atoms with Crippen LogP contribution in [0.15, 0.2) is 54.6 Å². The molecular formula is C23H22N4O5. The zero-order chi connectivity index (χ0) is 23.1. The van der Waals surface area contributed by atoms with Crippen molar-refractivity contribution in [1.82, 2.24) is 5.43 Å². The van der Waals surface area contributed by atoms with Crippen LogP contribution in [0.3, 0.4) is 0 Å². The third-order valence-corrected chi connectivity index (χ3v) is 4.83. The van der Waals surface area contributed by atoms with Crippen LogP contribution in [-0.2, 0) is 19.1 Å². The number of nitriles is 1. The molecule has 1 unspecified atom stereocenters. The largest absolute Gasteiger partial charge is 0.449 e. The first-order valence-corrected chi connectivity index (χ1v) is 10.1. The maximum absolute atomic E-state index is 12.9. The predicted molar refractivity (Wildman–Crippen MR) is 115 cm³/mol. The third-order valence-electron chi connectivity index (χ3n) is 4.83. The first kappa shape index (κ1) is 22.5. The summed E-state index contributed by atoms with van der Waals surface area (Å²) in [5, 5.41) is 10.0. The van der Waals surface area contributed by atoms with Gasteiger partial charge >= 0.3 is 5.97 Å². The lowest BCUT2D eigenvalue weighted by atomic mass is 10.1. The Kier molecular flexibility index (Phi) is 7.18. The number of amides is 3. The van der Waals surface area contributed by atoms with Crippen LogP contribution in [0.5, 0.6) is 0 Å². The van der Waals surface area contributed by atoms with Crippen LogP contribution in [-0.4, -0.2) is 36.3 Å². The molecule has 1 heterocycles. The Labute approximate surface area is 185 Å². The molecule has 1 fully saturated rings. The van der Waals surface area contributed by atoms with Crippen LogP contribution < -0.4 is 15.3 Å². The Bertz CT molecular complexity index is 1050. The maximum atomic E-state index is 12.9. The number of ether oxygens (including phenoxy) is 1. The summed E-state index contributed by atoms with van der Waals surface area (Å²) in [6.07, 6.45) is -0.697.